The molecule has 3 heteroatoms. The summed E-state index contributed by atoms with van der Waals surface area (Å²) in [6.45, 7) is 0. The summed E-state index contributed by atoms with van der Waals surface area (Å²) < 4.78 is 17.8. The number of fused-ring (bicyclic) bond motifs is 2. The zero-order valence-electron chi connectivity index (χ0n) is 8.14. The van der Waals surface area contributed by atoms with E-state index in [0.29, 0.717) is 0 Å². The van der Waals surface area contributed by atoms with Crippen molar-refractivity contribution < 1.29 is 8.51 Å². The van der Waals surface area contributed by atoms with Gasteiger partial charge in [-0.05, 0) is 0 Å². The van der Waals surface area contributed by atoms with Crippen LogP contribution < -0.4 is 4.74 Å². The van der Waals surface area contributed by atoms with Gasteiger partial charge in [0.2, 0.25) is 0 Å². The molecule has 1 aromatic carbocycles. The van der Waals surface area contributed by atoms with Crippen molar-refractivity contribution in [3.05, 3.63) is 52.6 Å². The molecule has 2 heterocycles. The normalized spacial score (nSPS) is 22.5. The van der Waals surface area contributed by atoms with E-state index >= 15 is 0 Å². The molecule has 2 aliphatic rings. The van der Waals surface area contributed by atoms with E-state index in [9.17, 15) is 3.78 Å². The molecule has 1 aromatic rings. The quantitative estimate of drug-likeness (QED) is 0.668. The number of hydrogen-bond donors (Lipinski definition) is 0. The Hall–Kier alpha value is -1.16. The molecular formula is C12H10GeO2. The second-order valence-corrected chi connectivity index (χ2v) is 7.65. The number of hydrogen-bond acceptors (Lipinski definition) is 2. The third-order valence-corrected chi connectivity index (χ3v) is 6.39. The Morgan fingerprint density at radius 1 is 1.33 bits per heavy atom. The van der Waals surface area contributed by atoms with Crippen LogP contribution in [0.3, 0.4) is 0 Å². The molecule has 1 atom stereocenters. The van der Waals surface area contributed by atoms with Gasteiger partial charge in [-0.2, -0.15) is 0 Å². The molecular weight excluding hydrogens is 249 g/mol. The van der Waals surface area contributed by atoms with Crippen molar-refractivity contribution in [3.8, 4) is 5.75 Å². The SMILES string of the molecule is [O]=[Ge]1[CH]=CC=C2Oc3ccccc3C[CH]21. The monoisotopic (exact) mass is 260 g/mol. The van der Waals surface area contributed by atoms with E-state index in [1.165, 1.54) is 5.56 Å². The molecule has 74 valence electrons. The topological polar surface area (TPSA) is 26.3 Å². The van der Waals surface area contributed by atoms with Crippen LogP contribution in [0.5, 0.6) is 5.75 Å². The van der Waals surface area contributed by atoms with Gasteiger partial charge in [-0.1, -0.05) is 0 Å². The summed E-state index contributed by atoms with van der Waals surface area (Å²) in [6, 6.07) is 7.98. The van der Waals surface area contributed by atoms with E-state index in [0.717, 1.165) is 17.9 Å². The zero-order valence-corrected chi connectivity index (χ0v) is 10.2. The van der Waals surface area contributed by atoms with Gasteiger partial charge in [-0.15, -0.1) is 0 Å². The van der Waals surface area contributed by atoms with E-state index in [4.69, 9.17) is 4.74 Å². The van der Waals surface area contributed by atoms with Crippen LogP contribution >= 0.6 is 0 Å². The van der Waals surface area contributed by atoms with Gasteiger partial charge in [0.15, 0.2) is 0 Å². The fraction of sp³-hybridized carbons (Fsp3) is 0.167. The van der Waals surface area contributed by atoms with Crippen molar-refractivity contribution in [3.63, 3.8) is 0 Å². The zero-order chi connectivity index (χ0) is 10.3. The van der Waals surface area contributed by atoms with Gasteiger partial charge in [-0.25, -0.2) is 0 Å². The van der Waals surface area contributed by atoms with Crippen LogP contribution in [0.4, 0.5) is 0 Å². The van der Waals surface area contributed by atoms with Gasteiger partial charge in [-0.3, -0.25) is 0 Å². The average molecular weight is 259 g/mol. The Balaban J connectivity index is 2.06. The molecule has 3 rings (SSSR count). The molecule has 0 radical (unpaired) electrons. The molecule has 0 aliphatic carbocycles. The van der Waals surface area contributed by atoms with Crippen molar-refractivity contribution in [2.24, 2.45) is 0 Å². The van der Waals surface area contributed by atoms with E-state index < -0.39 is 14.3 Å². The molecule has 0 N–H and O–H groups in total. The van der Waals surface area contributed by atoms with Crippen LogP contribution in [0.25, 0.3) is 0 Å². The van der Waals surface area contributed by atoms with Crippen LogP contribution in [-0.2, 0) is 10.2 Å². The number of rotatable bonds is 0. The molecule has 0 fully saturated rings. The fourth-order valence-electron chi connectivity index (χ4n) is 2.04. The maximum atomic E-state index is 11.9. The Labute approximate surface area is 92.6 Å². The minimum absolute atomic E-state index is 0.143. The molecule has 0 spiro atoms. The molecule has 15 heavy (non-hydrogen) atoms. The molecule has 2 aliphatic heterocycles. The van der Waals surface area contributed by atoms with Gasteiger partial charge in [0.1, 0.15) is 0 Å². The van der Waals surface area contributed by atoms with Crippen molar-refractivity contribution in [2.75, 3.05) is 0 Å². The third kappa shape index (κ3) is 1.49. The predicted octanol–water partition coefficient (Wildman–Crippen LogP) is 2.41. The Kier molecular flexibility index (Phi) is 2.09. The second kappa shape index (κ2) is 3.45. The standard InChI is InChI=1S/C12H10GeO2/c14-13-7-3-6-12-10(13)8-9-4-1-2-5-11(9)15-12/h1-7,10H,8H2. The molecule has 0 saturated heterocycles. The van der Waals surface area contributed by atoms with E-state index in [-0.39, 0.29) is 4.75 Å². The summed E-state index contributed by atoms with van der Waals surface area (Å²) in [5.74, 6) is 1.81. The van der Waals surface area contributed by atoms with E-state index in [1.54, 1.807) is 0 Å². The molecule has 0 saturated carbocycles. The van der Waals surface area contributed by atoms with Gasteiger partial charge >= 0.3 is 92.4 Å². The maximum absolute atomic E-state index is 11.9. The van der Waals surface area contributed by atoms with Gasteiger partial charge < -0.3 is 0 Å². The number of ether oxygens (including phenoxy) is 1. The first-order valence-electron chi connectivity index (χ1n) is 5.02. The third-order valence-electron chi connectivity index (χ3n) is 2.83. The van der Waals surface area contributed by atoms with Gasteiger partial charge in [0.05, 0.1) is 0 Å². The Morgan fingerprint density at radius 2 is 2.20 bits per heavy atom. The minimum atomic E-state index is -2.29. The van der Waals surface area contributed by atoms with Crippen LogP contribution in [0.1, 0.15) is 5.56 Å². The molecule has 0 amide bonds. The molecule has 0 aromatic heterocycles. The van der Waals surface area contributed by atoms with Crippen molar-refractivity contribution >= 4 is 14.3 Å². The number of allylic oxidation sites excluding steroid dienone is 3. The number of para-hydroxylation sites is 1. The summed E-state index contributed by atoms with van der Waals surface area (Å²) in [7, 11) is 0. The van der Waals surface area contributed by atoms with Gasteiger partial charge in [0, 0.05) is 0 Å². The van der Waals surface area contributed by atoms with E-state index in [2.05, 4.69) is 6.07 Å². The first-order chi connectivity index (χ1) is 7.34. The molecule has 2 nitrogen and oxygen atoms in total. The van der Waals surface area contributed by atoms with E-state index in [1.807, 2.05) is 35.3 Å². The van der Waals surface area contributed by atoms with Crippen LogP contribution in [0.2, 0.25) is 4.75 Å². The van der Waals surface area contributed by atoms with Crippen molar-refractivity contribution in [1.82, 2.24) is 0 Å². The first kappa shape index (κ1) is 9.10. The van der Waals surface area contributed by atoms with Crippen LogP contribution in [0.15, 0.2) is 47.1 Å². The number of benzene rings is 1. The Morgan fingerprint density at radius 3 is 3.13 bits per heavy atom. The fourth-order valence-corrected chi connectivity index (χ4v) is 4.92. The van der Waals surface area contributed by atoms with Crippen LogP contribution in [-0.4, -0.2) is 14.3 Å². The average Bonchev–Trinajstić information content (AvgIpc) is 2.27. The molecule has 0 bridgehead atoms. The molecule has 1 unspecified atom stereocenters. The first-order valence-corrected chi connectivity index (χ1v) is 8.30. The second-order valence-electron chi connectivity index (χ2n) is 3.80. The van der Waals surface area contributed by atoms with Crippen molar-refractivity contribution in [2.45, 2.75) is 11.2 Å². The summed E-state index contributed by atoms with van der Waals surface area (Å²) in [4.78, 5) is 1.87. The summed E-state index contributed by atoms with van der Waals surface area (Å²) in [6.07, 6.45) is 4.67. The summed E-state index contributed by atoms with van der Waals surface area (Å²) in [5.41, 5.74) is 1.18. The van der Waals surface area contributed by atoms with Gasteiger partial charge in [0.25, 0.3) is 0 Å². The van der Waals surface area contributed by atoms with Crippen LogP contribution in [0, 0.1) is 0 Å². The summed E-state index contributed by atoms with van der Waals surface area (Å²) >= 11 is -2.29. The van der Waals surface area contributed by atoms with Crippen molar-refractivity contribution in [1.29, 1.82) is 0 Å². The summed E-state index contributed by atoms with van der Waals surface area (Å²) in [5, 5.41) is 0. The predicted molar refractivity (Wildman–Crippen MR) is 58.2 cm³/mol. The Bertz CT molecular complexity index is 488.